The lowest BCUT2D eigenvalue weighted by Gasteiger charge is -2.28. The van der Waals surface area contributed by atoms with Gasteiger partial charge in [-0.15, -0.1) is 0 Å². The molecule has 3 aromatic rings. The lowest BCUT2D eigenvalue weighted by molar-refractivity contribution is -0.136. The molecule has 0 aliphatic heterocycles. The van der Waals surface area contributed by atoms with Crippen LogP contribution in [0.5, 0.6) is 5.75 Å². The Kier molecular flexibility index (Phi) is 7.40. The molecule has 0 aliphatic rings. The van der Waals surface area contributed by atoms with Gasteiger partial charge in [-0.05, 0) is 61.4 Å². The van der Waals surface area contributed by atoms with Crippen molar-refractivity contribution in [2.45, 2.75) is 39.4 Å². The molecule has 0 saturated heterocycles. The Morgan fingerprint density at radius 1 is 1.00 bits per heavy atom. The molecule has 32 heavy (non-hydrogen) atoms. The third kappa shape index (κ3) is 6.47. The van der Waals surface area contributed by atoms with E-state index in [1.165, 1.54) is 4.90 Å². The first-order chi connectivity index (χ1) is 15.1. The number of amides is 1. The highest BCUT2D eigenvalue weighted by Gasteiger charge is 2.27. The second-order valence-corrected chi connectivity index (χ2v) is 9.28. The van der Waals surface area contributed by atoms with Gasteiger partial charge < -0.3 is 14.6 Å². The number of halogens is 1. The first-order valence-electron chi connectivity index (χ1n) is 10.2. The smallest absolute Gasteiger partial charge is 0.414 e. The van der Waals surface area contributed by atoms with Crippen LogP contribution in [0.4, 0.5) is 10.5 Å². The average Bonchev–Trinajstić information content (AvgIpc) is 2.71. The molecule has 0 atom stereocenters. The quantitative estimate of drug-likeness (QED) is 0.407. The maximum absolute atomic E-state index is 13.0. The molecule has 3 aromatic carbocycles. The van der Waals surface area contributed by atoms with Gasteiger partial charge in [0.1, 0.15) is 18.0 Å². The van der Waals surface area contributed by atoms with Crippen molar-refractivity contribution in [1.29, 1.82) is 0 Å². The van der Waals surface area contributed by atoms with Crippen LogP contribution in [0.1, 0.15) is 32.8 Å². The van der Waals surface area contributed by atoms with Gasteiger partial charge in [-0.3, -0.25) is 9.69 Å². The maximum atomic E-state index is 13.0. The summed E-state index contributed by atoms with van der Waals surface area (Å²) in [6.07, 6.45) is -0.855. The van der Waals surface area contributed by atoms with Crippen molar-refractivity contribution in [3.05, 3.63) is 70.7 Å². The van der Waals surface area contributed by atoms with E-state index in [0.29, 0.717) is 18.0 Å². The van der Waals surface area contributed by atoms with Crippen molar-refractivity contribution in [3.63, 3.8) is 0 Å². The van der Waals surface area contributed by atoms with Crippen molar-refractivity contribution in [3.8, 4) is 5.75 Å². The Bertz CT molecular complexity index is 1110. The number of carbonyl (C=O) groups excluding carboxylic acids is 1. The number of aliphatic carboxylic acids is 1. The van der Waals surface area contributed by atoms with E-state index in [-0.39, 0.29) is 13.0 Å². The van der Waals surface area contributed by atoms with Crippen LogP contribution >= 0.6 is 15.9 Å². The Hall–Kier alpha value is -3.06. The van der Waals surface area contributed by atoms with Crippen LogP contribution in [0.2, 0.25) is 0 Å². The molecule has 0 unspecified atom stereocenters. The highest BCUT2D eigenvalue weighted by Crippen LogP contribution is 2.36. The number of hydrogen-bond acceptors (Lipinski definition) is 4. The minimum Gasteiger partial charge on any atom is -0.487 e. The number of carboxylic acid groups (broad SMARTS) is 1. The summed E-state index contributed by atoms with van der Waals surface area (Å²) in [5, 5.41) is 11.0. The molecule has 0 saturated carbocycles. The largest absolute Gasteiger partial charge is 0.487 e. The van der Waals surface area contributed by atoms with E-state index in [0.717, 1.165) is 20.8 Å². The lowest BCUT2D eigenvalue weighted by Crippen LogP contribution is -2.38. The van der Waals surface area contributed by atoms with Gasteiger partial charge in [-0.1, -0.05) is 52.3 Å². The number of anilines is 1. The molecule has 0 heterocycles. The van der Waals surface area contributed by atoms with Crippen molar-refractivity contribution < 1.29 is 24.2 Å². The van der Waals surface area contributed by atoms with E-state index in [1.54, 1.807) is 20.8 Å². The average molecular weight is 500 g/mol. The van der Waals surface area contributed by atoms with Crippen molar-refractivity contribution in [1.82, 2.24) is 0 Å². The standard InChI is InChI=1S/C25H26BrNO5/c1-25(2,3)32-24(30)27(12-11-23(28)29)21-14-19-13-20(26)10-9-18(19)15-22(21)31-16-17-7-5-4-6-8-17/h4-10,13-15H,11-12,16H2,1-3H3,(H,28,29). The minimum absolute atomic E-state index is 0.0501. The number of carbonyl (C=O) groups is 2. The van der Waals surface area contributed by atoms with Crippen LogP contribution in [-0.2, 0) is 16.1 Å². The Morgan fingerprint density at radius 3 is 2.38 bits per heavy atom. The summed E-state index contributed by atoms with van der Waals surface area (Å²) in [5.74, 6) is -0.534. The van der Waals surface area contributed by atoms with E-state index in [9.17, 15) is 14.7 Å². The topological polar surface area (TPSA) is 76.1 Å². The molecular weight excluding hydrogens is 474 g/mol. The molecular formula is C25H26BrNO5. The lowest BCUT2D eigenvalue weighted by atomic mass is 10.1. The van der Waals surface area contributed by atoms with E-state index in [2.05, 4.69) is 15.9 Å². The molecule has 0 fully saturated rings. The molecule has 7 heteroatoms. The first-order valence-corrected chi connectivity index (χ1v) is 11.0. The van der Waals surface area contributed by atoms with E-state index in [4.69, 9.17) is 9.47 Å². The Morgan fingerprint density at radius 2 is 1.72 bits per heavy atom. The number of fused-ring (bicyclic) bond motifs is 1. The number of ether oxygens (including phenoxy) is 2. The molecule has 6 nitrogen and oxygen atoms in total. The molecule has 0 aromatic heterocycles. The van der Waals surface area contributed by atoms with E-state index >= 15 is 0 Å². The molecule has 0 spiro atoms. The highest BCUT2D eigenvalue weighted by atomic mass is 79.9. The third-order valence-corrected chi connectivity index (χ3v) is 5.06. The van der Waals surface area contributed by atoms with Crippen LogP contribution in [0.3, 0.4) is 0 Å². The zero-order chi connectivity index (χ0) is 23.3. The fourth-order valence-electron chi connectivity index (χ4n) is 3.13. The number of benzene rings is 3. The van der Waals surface area contributed by atoms with Gasteiger partial charge in [0.25, 0.3) is 0 Å². The zero-order valence-corrected chi connectivity index (χ0v) is 19.9. The summed E-state index contributed by atoms with van der Waals surface area (Å²) in [7, 11) is 0. The summed E-state index contributed by atoms with van der Waals surface area (Å²) in [5.41, 5.74) is 0.703. The predicted octanol–water partition coefficient (Wildman–Crippen LogP) is 6.40. The Labute approximate surface area is 195 Å². The molecule has 0 bridgehead atoms. The second-order valence-electron chi connectivity index (χ2n) is 8.36. The van der Waals surface area contributed by atoms with E-state index < -0.39 is 17.7 Å². The first kappa shape index (κ1) is 23.6. The monoisotopic (exact) mass is 499 g/mol. The molecule has 1 amide bonds. The fraction of sp³-hybridized carbons (Fsp3) is 0.280. The number of hydrogen-bond donors (Lipinski definition) is 1. The van der Waals surface area contributed by atoms with Crippen LogP contribution in [-0.4, -0.2) is 29.3 Å². The molecule has 168 valence electrons. The zero-order valence-electron chi connectivity index (χ0n) is 18.3. The van der Waals surface area contributed by atoms with Crippen LogP contribution in [0.15, 0.2) is 65.1 Å². The van der Waals surface area contributed by atoms with Crippen molar-refractivity contribution in [2.75, 3.05) is 11.4 Å². The molecule has 1 N–H and O–H groups in total. The summed E-state index contributed by atoms with van der Waals surface area (Å²) in [4.78, 5) is 25.7. The van der Waals surface area contributed by atoms with Gasteiger partial charge >= 0.3 is 12.1 Å². The van der Waals surface area contributed by atoms with Gasteiger partial charge in [0.15, 0.2) is 0 Å². The highest BCUT2D eigenvalue weighted by molar-refractivity contribution is 9.10. The fourth-order valence-corrected chi connectivity index (χ4v) is 3.51. The SMILES string of the molecule is CC(C)(C)OC(=O)N(CCC(=O)O)c1cc2cc(Br)ccc2cc1OCc1ccccc1. The van der Waals surface area contributed by atoms with Crippen LogP contribution < -0.4 is 9.64 Å². The van der Waals surface area contributed by atoms with Crippen molar-refractivity contribution >= 4 is 44.5 Å². The van der Waals surface area contributed by atoms with Crippen LogP contribution in [0.25, 0.3) is 10.8 Å². The predicted molar refractivity (Wildman–Crippen MR) is 128 cm³/mol. The number of rotatable bonds is 7. The summed E-state index contributed by atoms with van der Waals surface area (Å²) < 4.78 is 12.6. The summed E-state index contributed by atoms with van der Waals surface area (Å²) in [6.45, 7) is 5.56. The van der Waals surface area contributed by atoms with Crippen molar-refractivity contribution in [2.24, 2.45) is 0 Å². The van der Waals surface area contributed by atoms with Gasteiger partial charge in [0.05, 0.1) is 12.1 Å². The third-order valence-electron chi connectivity index (χ3n) is 4.57. The molecule has 3 rings (SSSR count). The maximum Gasteiger partial charge on any atom is 0.414 e. The van der Waals surface area contributed by atoms with Gasteiger partial charge in [-0.25, -0.2) is 4.79 Å². The Balaban J connectivity index is 2.06. The minimum atomic E-state index is -1.01. The van der Waals surface area contributed by atoms with Gasteiger partial charge in [-0.2, -0.15) is 0 Å². The number of carboxylic acids is 1. The van der Waals surface area contributed by atoms with Gasteiger partial charge in [0.2, 0.25) is 0 Å². The van der Waals surface area contributed by atoms with Crippen LogP contribution in [0, 0.1) is 0 Å². The summed E-state index contributed by atoms with van der Waals surface area (Å²) in [6, 6.07) is 19.2. The number of nitrogens with zero attached hydrogens (tertiary/aromatic N) is 1. The van der Waals surface area contributed by atoms with Gasteiger partial charge in [0, 0.05) is 11.0 Å². The molecule has 0 aliphatic carbocycles. The summed E-state index contributed by atoms with van der Waals surface area (Å²) >= 11 is 3.48. The second kappa shape index (κ2) is 10.0. The molecule has 0 radical (unpaired) electrons. The van der Waals surface area contributed by atoms with E-state index in [1.807, 2.05) is 60.7 Å². The normalized spacial score (nSPS) is 11.2.